The SMILES string of the molecule is CC(NCc1cn(C)nn1)C(=O)NC(C)(C)C. The van der Waals surface area contributed by atoms with Crippen LogP contribution in [0.4, 0.5) is 0 Å². The Bertz CT molecular complexity index is 379. The first kappa shape index (κ1) is 13.6. The Morgan fingerprint density at radius 1 is 1.53 bits per heavy atom. The maximum Gasteiger partial charge on any atom is 0.237 e. The normalized spacial score (nSPS) is 13.5. The Kier molecular flexibility index (Phi) is 4.22. The van der Waals surface area contributed by atoms with Gasteiger partial charge in [-0.25, -0.2) is 0 Å². The molecule has 1 unspecified atom stereocenters. The summed E-state index contributed by atoms with van der Waals surface area (Å²) in [5.41, 5.74) is 0.613. The van der Waals surface area contributed by atoms with Crippen LogP contribution in [0, 0.1) is 0 Å². The van der Waals surface area contributed by atoms with Crippen LogP contribution in [0.5, 0.6) is 0 Å². The quantitative estimate of drug-likeness (QED) is 0.788. The third kappa shape index (κ3) is 4.95. The Morgan fingerprint density at radius 3 is 2.65 bits per heavy atom. The van der Waals surface area contributed by atoms with Crippen molar-refractivity contribution in [3.05, 3.63) is 11.9 Å². The summed E-state index contributed by atoms with van der Waals surface area (Å²) in [7, 11) is 1.81. The van der Waals surface area contributed by atoms with E-state index >= 15 is 0 Å². The number of aromatic nitrogens is 3. The molecule has 0 spiro atoms. The lowest BCUT2D eigenvalue weighted by Gasteiger charge is -2.23. The number of hydrogen-bond donors (Lipinski definition) is 2. The molecule has 17 heavy (non-hydrogen) atoms. The van der Waals surface area contributed by atoms with Crippen molar-refractivity contribution in [3.63, 3.8) is 0 Å². The lowest BCUT2D eigenvalue weighted by Crippen LogP contribution is -2.49. The monoisotopic (exact) mass is 239 g/mol. The lowest BCUT2D eigenvalue weighted by atomic mass is 10.1. The van der Waals surface area contributed by atoms with E-state index in [1.54, 1.807) is 4.68 Å². The minimum Gasteiger partial charge on any atom is -0.350 e. The highest BCUT2D eigenvalue weighted by Crippen LogP contribution is 2.00. The van der Waals surface area contributed by atoms with E-state index in [2.05, 4.69) is 20.9 Å². The van der Waals surface area contributed by atoms with E-state index in [1.807, 2.05) is 40.9 Å². The van der Waals surface area contributed by atoms with Crippen molar-refractivity contribution < 1.29 is 4.79 Å². The fraction of sp³-hybridized carbons (Fsp3) is 0.727. The van der Waals surface area contributed by atoms with Gasteiger partial charge in [-0.2, -0.15) is 0 Å². The number of nitrogens with zero attached hydrogens (tertiary/aromatic N) is 3. The molecule has 0 aromatic carbocycles. The molecular formula is C11H21N5O. The molecule has 1 atom stereocenters. The van der Waals surface area contributed by atoms with Gasteiger partial charge in [0.25, 0.3) is 0 Å². The zero-order valence-corrected chi connectivity index (χ0v) is 11.1. The summed E-state index contributed by atoms with van der Waals surface area (Å²) < 4.78 is 1.64. The highest BCUT2D eigenvalue weighted by molar-refractivity contribution is 5.81. The highest BCUT2D eigenvalue weighted by Gasteiger charge is 2.18. The smallest absolute Gasteiger partial charge is 0.237 e. The van der Waals surface area contributed by atoms with Gasteiger partial charge in [-0.05, 0) is 27.7 Å². The summed E-state index contributed by atoms with van der Waals surface area (Å²) in [5.74, 6) is -0.0126. The molecule has 0 aliphatic heterocycles. The molecule has 0 aliphatic rings. The van der Waals surface area contributed by atoms with E-state index in [-0.39, 0.29) is 17.5 Å². The van der Waals surface area contributed by atoms with Gasteiger partial charge in [-0.15, -0.1) is 5.10 Å². The molecule has 0 saturated carbocycles. The van der Waals surface area contributed by atoms with Crippen LogP contribution in [0.25, 0.3) is 0 Å². The molecule has 6 heteroatoms. The summed E-state index contributed by atoms with van der Waals surface area (Å²) in [6, 6.07) is -0.253. The molecular weight excluding hydrogens is 218 g/mol. The second-order valence-corrected chi connectivity index (χ2v) is 5.23. The Morgan fingerprint density at radius 2 is 2.18 bits per heavy atom. The van der Waals surface area contributed by atoms with Crippen molar-refractivity contribution in [1.29, 1.82) is 0 Å². The molecule has 6 nitrogen and oxygen atoms in total. The van der Waals surface area contributed by atoms with Gasteiger partial charge in [0.2, 0.25) is 5.91 Å². The van der Waals surface area contributed by atoms with Crippen LogP contribution in [0.2, 0.25) is 0 Å². The second kappa shape index (κ2) is 5.27. The fourth-order valence-electron chi connectivity index (χ4n) is 1.30. The zero-order chi connectivity index (χ0) is 13.1. The van der Waals surface area contributed by atoms with Crippen molar-refractivity contribution >= 4 is 5.91 Å². The minimum absolute atomic E-state index is 0.0126. The molecule has 0 fully saturated rings. The number of aryl methyl sites for hydroxylation is 1. The van der Waals surface area contributed by atoms with Gasteiger partial charge in [0, 0.05) is 25.3 Å². The number of rotatable bonds is 4. The molecule has 0 saturated heterocycles. The molecule has 1 aromatic rings. The fourth-order valence-corrected chi connectivity index (χ4v) is 1.30. The van der Waals surface area contributed by atoms with Crippen molar-refractivity contribution in [3.8, 4) is 0 Å². The summed E-state index contributed by atoms with van der Waals surface area (Å²) in [4.78, 5) is 11.8. The Labute approximate surface area is 102 Å². The van der Waals surface area contributed by atoms with Gasteiger partial charge >= 0.3 is 0 Å². The molecule has 0 radical (unpaired) electrons. The number of hydrogen-bond acceptors (Lipinski definition) is 4. The van der Waals surface area contributed by atoms with E-state index in [0.29, 0.717) is 6.54 Å². The first-order chi connectivity index (χ1) is 7.78. The van der Waals surface area contributed by atoms with Gasteiger partial charge in [0.15, 0.2) is 0 Å². The molecule has 1 amide bonds. The van der Waals surface area contributed by atoms with Crippen molar-refractivity contribution in [2.24, 2.45) is 7.05 Å². The topological polar surface area (TPSA) is 71.8 Å². The van der Waals surface area contributed by atoms with Crippen LogP contribution in [0.3, 0.4) is 0 Å². The van der Waals surface area contributed by atoms with E-state index < -0.39 is 0 Å². The van der Waals surface area contributed by atoms with Gasteiger partial charge < -0.3 is 10.6 Å². The first-order valence-corrected chi connectivity index (χ1v) is 5.68. The van der Waals surface area contributed by atoms with Gasteiger partial charge in [-0.1, -0.05) is 5.21 Å². The van der Waals surface area contributed by atoms with Crippen LogP contribution in [0.1, 0.15) is 33.4 Å². The van der Waals surface area contributed by atoms with Crippen LogP contribution in [-0.2, 0) is 18.4 Å². The third-order valence-corrected chi connectivity index (χ3v) is 2.13. The molecule has 2 N–H and O–H groups in total. The first-order valence-electron chi connectivity index (χ1n) is 5.68. The van der Waals surface area contributed by atoms with Gasteiger partial charge in [0.1, 0.15) is 0 Å². The summed E-state index contributed by atoms with van der Waals surface area (Å²) in [6.45, 7) is 8.24. The third-order valence-electron chi connectivity index (χ3n) is 2.13. The number of nitrogens with one attached hydrogen (secondary N) is 2. The summed E-state index contributed by atoms with van der Waals surface area (Å²) in [5, 5.41) is 13.8. The maximum absolute atomic E-state index is 11.8. The molecule has 1 heterocycles. The van der Waals surface area contributed by atoms with Crippen LogP contribution in [-0.4, -0.2) is 32.5 Å². The van der Waals surface area contributed by atoms with Gasteiger partial charge in [0.05, 0.1) is 11.7 Å². The molecule has 1 aromatic heterocycles. The Hall–Kier alpha value is -1.43. The van der Waals surface area contributed by atoms with E-state index in [4.69, 9.17) is 0 Å². The number of carbonyl (C=O) groups excluding carboxylic acids is 1. The summed E-state index contributed by atoms with van der Waals surface area (Å²) in [6.07, 6.45) is 1.82. The second-order valence-electron chi connectivity index (χ2n) is 5.23. The average molecular weight is 239 g/mol. The standard InChI is InChI=1S/C11H21N5O/c1-8(10(17)13-11(2,3)4)12-6-9-7-16(5)15-14-9/h7-8,12H,6H2,1-5H3,(H,13,17). The number of carbonyl (C=O) groups is 1. The van der Waals surface area contributed by atoms with Gasteiger partial charge in [-0.3, -0.25) is 9.48 Å². The zero-order valence-electron chi connectivity index (χ0n) is 11.1. The van der Waals surface area contributed by atoms with E-state index in [9.17, 15) is 4.79 Å². The largest absolute Gasteiger partial charge is 0.350 e. The summed E-state index contributed by atoms with van der Waals surface area (Å²) >= 11 is 0. The van der Waals surface area contributed by atoms with Crippen LogP contribution >= 0.6 is 0 Å². The van der Waals surface area contributed by atoms with Crippen LogP contribution < -0.4 is 10.6 Å². The Balaban J connectivity index is 2.39. The van der Waals surface area contributed by atoms with Crippen molar-refractivity contribution in [2.75, 3.05) is 0 Å². The lowest BCUT2D eigenvalue weighted by molar-refractivity contribution is -0.124. The van der Waals surface area contributed by atoms with E-state index in [1.165, 1.54) is 0 Å². The highest BCUT2D eigenvalue weighted by atomic mass is 16.2. The molecule has 0 aliphatic carbocycles. The predicted molar refractivity (Wildman–Crippen MR) is 65.2 cm³/mol. The minimum atomic E-state index is -0.253. The molecule has 1 rings (SSSR count). The molecule has 0 bridgehead atoms. The van der Waals surface area contributed by atoms with Crippen LogP contribution in [0.15, 0.2) is 6.20 Å². The predicted octanol–water partition coefficient (Wildman–Crippen LogP) is 0.208. The molecule has 96 valence electrons. The van der Waals surface area contributed by atoms with E-state index in [0.717, 1.165) is 5.69 Å². The average Bonchev–Trinajstić information content (AvgIpc) is 2.58. The number of amides is 1. The van der Waals surface area contributed by atoms with Crippen molar-refractivity contribution in [1.82, 2.24) is 25.6 Å². The maximum atomic E-state index is 11.8. The van der Waals surface area contributed by atoms with Crippen molar-refractivity contribution in [2.45, 2.75) is 45.8 Å².